The van der Waals surface area contributed by atoms with Crippen molar-refractivity contribution < 1.29 is 4.79 Å². The van der Waals surface area contributed by atoms with Crippen molar-refractivity contribution in [3.8, 4) is 0 Å². The second kappa shape index (κ2) is 6.93. The molecule has 2 heteroatoms. The lowest BCUT2D eigenvalue weighted by Gasteiger charge is -2.28. The summed E-state index contributed by atoms with van der Waals surface area (Å²) in [6.07, 6.45) is 8.41. The van der Waals surface area contributed by atoms with Gasteiger partial charge < -0.3 is 0 Å². The molecule has 0 spiro atoms. The number of hydrogen-bond acceptors (Lipinski definition) is 1. The normalized spacial score (nSPS) is 26.9. The Kier molecular flexibility index (Phi) is 6.17. The molecule has 1 rings (SSSR count). The smallest absolute Gasteiger partial charge is 0.224 e. The highest BCUT2D eigenvalue weighted by Gasteiger charge is 2.25. The first-order valence-electron chi connectivity index (χ1n) is 7.47. The van der Waals surface area contributed by atoms with Crippen molar-refractivity contribution in [1.82, 2.24) is 0 Å². The van der Waals surface area contributed by atoms with Gasteiger partial charge in [-0.1, -0.05) is 40.5 Å². The summed E-state index contributed by atoms with van der Waals surface area (Å²) in [6, 6.07) is 0. The van der Waals surface area contributed by atoms with Gasteiger partial charge in [0.25, 0.3) is 0 Å². The minimum absolute atomic E-state index is 0.116. The van der Waals surface area contributed by atoms with E-state index in [9.17, 15) is 4.79 Å². The van der Waals surface area contributed by atoms with Crippen molar-refractivity contribution in [2.45, 2.75) is 72.6 Å². The predicted octanol–water partition coefficient (Wildman–Crippen LogP) is 5.41. The van der Waals surface area contributed by atoms with E-state index >= 15 is 0 Å². The second-order valence-electron chi connectivity index (χ2n) is 7.47. The molecule has 0 radical (unpaired) electrons. The fourth-order valence-electron chi connectivity index (χ4n) is 3.35. The summed E-state index contributed by atoms with van der Waals surface area (Å²) in [5.74, 6) is 1.80. The summed E-state index contributed by atoms with van der Waals surface area (Å²) in [7, 11) is 0. The highest BCUT2D eigenvalue weighted by Crippen LogP contribution is 2.35. The van der Waals surface area contributed by atoms with Crippen LogP contribution in [0.3, 0.4) is 0 Å². The van der Waals surface area contributed by atoms with E-state index in [0.29, 0.717) is 5.41 Å². The summed E-state index contributed by atoms with van der Waals surface area (Å²) in [5, 5.41) is -0.116. The molecular formula is C16H29ClO. The Hall–Kier alpha value is -0.0400. The molecule has 0 aromatic carbocycles. The summed E-state index contributed by atoms with van der Waals surface area (Å²) in [4.78, 5) is 11.1. The number of carbonyl (C=O) groups excluding carboxylic acids is 1. The molecule has 0 aromatic rings. The minimum atomic E-state index is -0.116. The van der Waals surface area contributed by atoms with Gasteiger partial charge in [0.2, 0.25) is 5.24 Å². The van der Waals surface area contributed by atoms with Crippen molar-refractivity contribution in [1.29, 1.82) is 0 Å². The van der Waals surface area contributed by atoms with Gasteiger partial charge in [0.05, 0.1) is 0 Å². The second-order valence-corrected chi connectivity index (χ2v) is 7.84. The fraction of sp³-hybridized carbons (Fsp3) is 0.938. The molecule has 0 bridgehead atoms. The summed E-state index contributed by atoms with van der Waals surface area (Å²) in [5.41, 5.74) is 0.447. The van der Waals surface area contributed by atoms with E-state index in [2.05, 4.69) is 27.7 Å². The Balaban J connectivity index is 2.20. The lowest BCUT2D eigenvalue weighted by Crippen LogP contribution is -2.19. The van der Waals surface area contributed by atoms with Crippen LogP contribution in [0, 0.1) is 23.2 Å². The third kappa shape index (κ3) is 6.22. The van der Waals surface area contributed by atoms with Crippen LogP contribution in [0.15, 0.2) is 0 Å². The van der Waals surface area contributed by atoms with Gasteiger partial charge in [-0.05, 0) is 61.0 Å². The Morgan fingerprint density at radius 2 is 1.78 bits per heavy atom. The summed E-state index contributed by atoms with van der Waals surface area (Å²) in [6.45, 7) is 9.33. The zero-order valence-electron chi connectivity index (χ0n) is 12.5. The molecule has 0 N–H and O–H groups in total. The quantitative estimate of drug-likeness (QED) is 0.612. The predicted molar refractivity (Wildman–Crippen MR) is 78.8 cm³/mol. The molecule has 18 heavy (non-hydrogen) atoms. The molecule has 106 valence electrons. The van der Waals surface area contributed by atoms with Crippen LogP contribution in [0.2, 0.25) is 0 Å². The number of halogens is 1. The number of hydrogen-bond donors (Lipinski definition) is 0. The van der Waals surface area contributed by atoms with E-state index in [0.717, 1.165) is 24.7 Å². The first kappa shape index (κ1) is 16.0. The molecule has 0 aliphatic heterocycles. The monoisotopic (exact) mass is 272 g/mol. The Morgan fingerprint density at radius 3 is 2.22 bits per heavy atom. The zero-order chi connectivity index (χ0) is 13.8. The van der Waals surface area contributed by atoms with Crippen LogP contribution in [-0.4, -0.2) is 5.24 Å². The van der Waals surface area contributed by atoms with Gasteiger partial charge in [-0.25, -0.2) is 0 Å². The van der Waals surface area contributed by atoms with Crippen LogP contribution < -0.4 is 0 Å². The largest absolute Gasteiger partial charge is 0.281 e. The lowest BCUT2D eigenvalue weighted by atomic mass is 9.77. The molecule has 1 aliphatic rings. The topological polar surface area (TPSA) is 17.1 Å². The van der Waals surface area contributed by atoms with Gasteiger partial charge in [-0.3, -0.25) is 4.79 Å². The van der Waals surface area contributed by atoms with Gasteiger partial charge in [0.1, 0.15) is 0 Å². The summed E-state index contributed by atoms with van der Waals surface area (Å²) >= 11 is 5.57. The van der Waals surface area contributed by atoms with Crippen molar-refractivity contribution in [3.63, 3.8) is 0 Å². The Labute approximate surface area is 118 Å². The van der Waals surface area contributed by atoms with Gasteiger partial charge in [0.15, 0.2) is 0 Å². The highest BCUT2D eigenvalue weighted by atomic mass is 35.5. The Morgan fingerprint density at radius 1 is 1.22 bits per heavy atom. The zero-order valence-corrected chi connectivity index (χ0v) is 13.2. The minimum Gasteiger partial charge on any atom is -0.281 e. The maximum Gasteiger partial charge on any atom is 0.224 e. The van der Waals surface area contributed by atoms with Crippen molar-refractivity contribution in [2.24, 2.45) is 23.2 Å². The van der Waals surface area contributed by atoms with Crippen LogP contribution in [-0.2, 0) is 4.79 Å². The fourth-order valence-corrected chi connectivity index (χ4v) is 3.56. The van der Waals surface area contributed by atoms with Gasteiger partial charge in [-0.15, -0.1) is 0 Å². The van der Waals surface area contributed by atoms with Crippen molar-refractivity contribution in [3.05, 3.63) is 0 Å². The van der Waals surface area contributed by atoms with E-state index in [1.807, 2.05) is 0 Å². The van der Waals surface area contributed by atoms with Gasteiger partial charge in [0, 0.05) is 5.92 Å². The molecule has 1 aliphatic carbocycles. The third-order valence-corrected chi connectivity index (χ3v) is 4.50. The number of carbonyl (C=O) groups is 1. The molecule has 1 fully saturated rings. The molecule has 0 amide bonds. The molecule has 1 nitrogen and oxygen atoms in total. The molecule has 0 saturated heterocycles. The average molecular weight is 273 g/mol. The van der Waals surface area contributed by atoms with Crippen molar-refractivity contribution in [2.75, 3.05) is 0 Å². The lowest BCUT2D eigenvalue weighted by molar-refractivity contribution is -0.116. The van der Waals surface area contributed by atoms with Crippen molar-refractivity contribution >= 4 is 16.8 Å². The van der Waals surface area contributed by atoms with E-state index in [4.69, 9.17) is 11.6 Å². The van der Waals surface area contributed by atoms with E-state index in [1.165, 1.54) is 32.1 Å². The highest BCUT2D eigenvalue weighted by molar-refractivity contribution is 6.63. The van der Waals surface area contributed by atoms with Gasteiger partial charge in [-0.2, -0.15) is 0 Å². The molecular weight excluding hydrogens is 244 g/mol. The average Bonchev–Trinajstić information content (AvgIpc) is 2.24. The van der Waals surface area contributed by atoms with E-state index in [-0.39, 0.29) is 11.2 Å². The van der Waals surface area contributed by atoms with Crippen LogP contribution in [0.4, 0.5) is 0 Å². The first-order chi connectivity index (χ1) is 8.28. The standard InChI is InChI=1S/C16H29ClO/c1-12(11-16(2,3)4)5-6-13-7-9-14(10-8-13)15(17)18/h12-14H,5-11H2,1-4H3/t12?,13-,14-. The van der Waals surface area contributed by atoms with Crippen LogP contribution in [0.25, 0.3) is 0 Å². The van der Waals surface area contributed by atoms with Crippen LogP contribution >= 0.6 is 11.6 Å². The molecule has 1 atom stereocenters. The molecule has 0 aromatic heterocycles. The Bertz CT molecular complexity index is 259. The maximum absolute atomic E-state index is 11.1. The molecule has 1 unspecified atom stereocenters. The van der Waals surface area contributed by atoms with E-state index in [1.54, 1.807) is 0 Å². The molecule has 1 saturated carbocycles. The number of rotatable bonds is 5. The van der Waals surface area contributed by atoms with Gasteiger partial charge >= 0.3 is 0 Å². The van der Waals surface area contributed by atoms with E-state index < -0.39 is 0 Å². The SMILES string of the molecule is CC(CC[C@H]1CC[C@H](C(=O)Cl)CC1)CC(C)(C)C. The first-order valence-corrected chi connectivity index (χ1v) is 7.85. The summed E-state index contributed by atoms with van der Waals surface area (Å²) < 4.78 is 0. The van der Waals surface area contributed by atoms with Crippen LogP contribution in [0.5, 0.6) is 0 Å². The van der Waals surface area contributed by atoms with Crippen LogP contribution in [0.1, 0.15) is 72.6 Å². The molecule has 0 heterocycles. The maximum atomic E-state index is 11.1. The third-order valence-electron chi connectivity index (χ3n) is 4.20.